The molecular formula is C14H20F2O3S. The summed E-state index contributed by atoms with van der Waals surface area (Å²) in [5, 5.41) is 0. The predicted octanol–water partition coefficient (Wildman–Crippen LogP) is 4.11. The van der Waals surface area contributed by atoms with E-state index in [1.54, 1.807) is 0 Å². The molecule has 0 spiro atoms. The van der Waals surface area contributed by atoms with Crippen LogP contribution in [0, 0.1) is 11.6 Å². The molecule has 0 aliphatic carbocycles. The van der Waals surface area contributed by atoms with E-state index < -0.39 is 26.6 Å². The van der Waals surface area contributed by atoms with E-state index in [4.69, 9.17) is 4.55 Å². The molecule has 0 saturated heterocycles. The van der Waals surface area contributed by atoms with Crippen LogP contribution in [0.5, 0.6) is 0 Å². The van der Waals surface area contributed by atoms with Gasteiger partial charge in [-0.05, 0) is 25.0 Å². The molecule has 0 heterocycles. The average Bonchev–Trinajstić information content (AvgIpc) is 2.34. The molecule has 0 aromatic heterocycles. The number of hydrogen-bond acceptors (Lipinski definition) is 2. The van der Waals surface area contributed by atoms with Crippen LogP contribution in [0.1, 0.15) is 51.0 Å². The summed E-state index contributed by atoms with van der Waals surface area (Å²) in [6, 6.07) is 1.32. The lowest BCUT2D eigenvalue weighted by atomic mass is 10.0. The summed E-state index contributed by atoms with van der Waals surface area (Å²) in [6.45, 7) is 2.11. The van der Waals surface area contributed by atoms with Crippen molar-refractivity contribution in [3.8, 4) is 0 Å². The fourth-order valence-corrected chi connectivity index (χ4v) is 2.55. The molecule has 3 nitrogen and oxygen atoms in total. The summed E-state index contributed by atoms with van der Waals surface area (Å²) in [7, 11) is -4.58. The van der Waals surface area contributed by atoms with Crippen molar-refractivity contribution < 1.29 is 21.8 Å². The second-order valence-corrected chi connectivity index (χ2v) is 6.28. The van der Waals surface area contributed by atoms with E-state index >= 15 is 0 Å². The van der Waals surface area contributed by atoms with Gasteiger partial charge in [-0.3, -0.25) is 4.55 Å². The molecule has 0 amide bonds. The highest BCUT2D eigenvalue weighted by Crippen LogP contribution is 2.21. The lowest BCUT2D eigenvalue weighted by Crippen LogP contribution is -2.04. The molecule has 1 aromatic carbocycles. The highest BCUT2D eigenvalue weighted by molar-refractivity contribution is 7.85. The van der Waals surface area contributed by atoms with Gasteiger partial charge in [-0.15, -0.1) is 0 Å². The van der Waals surface area contributed by atoms with Crippen LogP contribution in [-0.4, -0.2) is 13.0 Å². The van der Waals surface area contributed by atoms with Gasteiger partial charge >= 0.3 is 0 Å². The molecule has 0 bridgehead atoms. The smallest absolute Gasteiger partial charge is 0.282 e. The Morgan fingerprint density at radius 1 is 1.00 bits per heavy atom. The third-order valence-corrected chi connectivity index (χ3v) is 4.02. The van der Waals surface area contributed by atoms with Gasteiger partial charge in [-0.2, -0.15) is 8.42 Å². The molecular weight excluding hydrogens is 286 g/mol. The van der Waals surface area contributed by atoms with Crippen molar-refractivity contribution in [2.75, 3.05) is 0 Å². The van der Waals surface area contributed by atoms with Crippen LogP contribution in [0.4, 0.5) is 8.78 Å². The van der Waals surface area contributed by atoms with Gasteiger partial charge in [0.2, 0.25) is 0 Å². The Labute approximate surface area is 118 Å². The number of benzene rings is 1. The highest BCUT2D eigenvalue weighted by Gasteiger charge is 2.17. The molecule has 0 saturated carbocycles. The fraction of sp³-hybridized carbons (Fsp3) is 0.571. The molecule has 0 radical (unpaired) electrons. The quantitative estimate of drug-likeness (QED) is 0.581. The maximum absolute atomic E-state index is 13.7. The van der Waals surface area contributed by atoms with E-state index in [-0.39, 0.29) is 12.0 Å². The zero-order valence-electron chi connectivity index (χ0n) is 11.5. The Hall–Kier alpha value is -1.01. The summed E-state index contributed by atoms with van der Waals surface area (Å²) >= 11 is 0. The molecule has 1 aromatic rings. The molecule has 0 atom stereocenters. The van der Waals surface area contributed by atoms with Gasteiger partial charge in [0.25, 0.3) is 10.1 Å². The van der Waals surface area contributed by atoms with Crippen LogP contribution >= 0.6 is 0 Å². The zero-order chi connectivity index (χ0) is 15.2. The molecule has 20 heavy (non-hydrogen) atoms. The van der Waals surface area contributed by atoms with E-state index in [1.807, 2.05) is 0 Å². The summed E-state index contributed by atoms with van der Waals surface area (Å²) in [4.78, 5) is -0.751. The number of hydrogen-bond donors (Lipinski definition) is 1. The van der Waals surface area contributed by atoms with Crippen molar-refractivity contribution >= 4 is 10.1 Å². The van der Waals surface area contributed by atoms with Crippen molar-refractivity contribution in [1.29, 1.82) is 0 Å². The maximum atomic E-state index is 13.7. The molecule has 0 fully saturated rings. The Morgan fingerprint density at radius 2 is 1.50 bits per heavy atom. The van der Waals surface area contributed by atoms with Crippen molar-refractivity contribution in [2.45, 2.75) is 56.8 Å². The van der Waals surface area contributed by atoms with Crippen LogP contribution in [0.15, 0.2) is 17.0 Å². The van der Waals surface area contributed by atoms with Gasteiger partial charge in [-0.1, -0.05) is 39.0 Å². The minimum Gasteiger partial charge on any atom is -0.282 e. The van der Waals surface area contributed by atoms with Crippen molar-refractivity contribution in [1.82, 2.24) is 0 Å². The topological polar surface area (TPSA) is 54.4 Å². The molecule has 0 aliphatic rings. The second kappa shape index (κ2) is 7.69. The van der Waals surface area contributed by atoms with Gasteiger partial charge < -0.3 is 0 Å². The molecule has 1 N–H and O–H groups in total. The first-order chi connectivity index (χ1) is 9.36. The van der Waals surface area contributed by atoms with E-state index in [1.165, 1.54) is 0 Å². The maximum Gasteiger partial charge on any atom is 0.294 e. The predicted molar refractivity (Wildman–Crippen MR) is 73.3 cm³/mol. The van der Waals surface area contributed by atoms with E-state index in [0.717, 1.165) is 32.1 Å². The first-order valence-corrected chi connectivity index (χ1v) is 8.25. The van der Waals surface area contributed by atoms with Gasteiger partial charge in [0, 0.05) is 5.56 Å². The minimum atomic E-state index is -4.58. The first-order valence-electron chi connectivity index (χ1n) is 6.81. The third kappa shape index (κ3) is 5.17. The van der Waals surface area contributed by atoms with E-state index in [9.17, 15) is 17.2 Å². The van der Waals surface area contributed by atoms with Crippen molar-refractivity contribution in [2.24, 2.45) is 0 Å². The average molecular weight is 306 g/mol. The Morgan fingerprint density at radius 3 is 2.00 bits per heavy atom. The monoisotopic (exact) mass is 306 g/mol. The fourth-order valence-electron chi connectivity index (χ4n) is 2.05. The van der Waals surface area contributed by atoms with Crippen LogP contribution in [0.3, 0.4) is 0 Å². The largest absolute Gasteiger partial charge is 0.294 e. The van der Waals surface area contributed by atoms with Crippen molar-refractivity contribution in [3.63, 3.8) is 0 Å². The normalized spacial score (nSPS) is 11.8. The van der Waals surface area contributed by atoms with Crippen LogP contribution in [0.25, 0.3) is 0 Å². The summed E-state index contributed by atoms with van der Waals surface area (Å²) in [5.74, 6) is -1.85. The van der Waals surface area contributed by atoms with Crippen molar-refractivity contribution in [3.05, 3.63) is 29.3 Å². The van der Waals surface area contributed by atoms with Gasteiger partial charge in [0.05, 0.1) is 4.90 Å². The highest BCUT2D eigenvalue weighted by atomic mass is 32.2. The molecule has 6 heteroatoms. The van der Waals surface area contributed by atoms with Gasteiger partial charge in [0.15, 0.2) is 0 Å². The van der Waals surface area contributed by atoms with Gasteiger partial charge in [-0.25, -0.2) is 8.78 Å². The van der Waals surface area contributed by atoms with E-state index in [2.05, 4.69) is 6.92 Å². The number of rotatable bonds is 8. The second-order valence-electron chi connectivity index (χ2n) is 4.86. The SMILES string of the molecule is CCCCCCCCc1c(F)cc(S(=O)(=O)O)cc1F. The Balaban J connectivity index is 2.63. The Bertz CT molecular complexity index is 518. The van der Waals surface area contributed by atoms with Crippen LogP contribution in [0.2, 0.25) is 0 Å². The first kappa shape index (κ1) is 17.0. The van der Waals surface area contributed by atoms with Crippen LogP contribution < -0.4 is 0 Å². The standard InChI is InChI=1S/C14H20F2O3S/c1-2-3-4-5-6-7-8-12-13(15)9-11(10-14(12)16)20(17,18)19/h9-10H,2-8H2,1H3,(H,17,18,19). The number of unbranched alkanes of at least 4 members (excludes halogenated alkanes) is 5. The third-order valence-electron chi connectivity index (χ3n) is 3.19. The minimum absolute atomic E-state index is 0.118. The summed E-state index contributed by atoms with van der Waals surface area (Å²) < 4.78 is 57.7. The van der Waals surface area contributed by atoms with Crippen LogP contribution in [-0.2, 0) is 16.5 Å². The molecule has 1 rings (SSSR count). The Kier molecular flexibility index (Phi) is 6.55. The molecule has 0 unspecified atom stereocenters. The van der Waals surface area contributed by atoms with Gasteiger partial charge in [0.1, 0.15) is 11.6 Å². The summed E-state index contributed by atoms with van der Waals surface area (Å²) in [6.07, 6.45) is 6.22. The van der Waals surface area contributed by atoms with E-state index in [0.29, 0.717) is 18.6 Å². The lowest BCUT2D eigenvalue weighted by Gasteiger charge is -2.07. The molecule has 114 valence electrons. The molecule has 0 aliphatic heterocycles. The number of halogens is 2. The summed E-state index contributed by atoms with van der Waals surface area (Å²) in [5.41, 5.74) is -0.118. The zero-order valence-corrected chi connectivity index (χ0v) is 12.3. The lowest BCUT2D eigenvalue weighted by molar-refractivity contribution is 0.477.